The van der Waals surface area contributed by atoms with E-state index in [-0.39, 0.29) is 18.9 Å². The molecule has 7 nitrogen and oxygen atoms in total. The minimum atomic E-state index is -4.44. The van der Waals surface area contributed by atoms with Crippen LogP contribution in [-0.4, -0.2) is 50.5 Å². The van der Waals surface area contributed by atoms with E-state index in [0.717, 1.165) is 14.2 Å². The van der Waals surface area contributed by atoms with Crippen molar-refractivity contribution >= 4 is 11.9 Å². The Hall–Kier alpha value is -2.10. The van der Waals surface area contributed by atoms with Crippen molar-refractivity contribution < 1.29 is 41.4 Å². The molecular formula is C11H12F3NO6. The van der Waals surface area contributed by atoms with Gasteiger partial charge in [-0.25, -0.2) is 14.6 Å². The molecule has 1 aromatic heterocycles. The number of nitrogens with zero attached hydrogens (tertiary/aromatic N) is 1. The maximum absolute atomic E-state index is 11.9. The summed E-state index contributed by atoms with van der Waals surface area (Å²) in [6.07, 6.45) is -4.60. The largest absolute Gasteiger partial charge is 0.464 e. The zero-order chi connectivity index (χ0) is 16.0. The zero-order valence-corrected chi connectivity index (χ0v) is 11.2. The van der Waals surface area contributed by atoms with Crippen LogP contribution in [0.15, 0.2) is 4.42 Å². The van der Waals surface area contributed by atoms with Crippen molar-refractivity contribution in [1.82, 2.24) is 4.98 Å². The predicted octanol–water partition coefficient (Wildman–Crippen LogP) is 1.37. The third kappa shape index (κ3) is 5.06. The maximum atomic E-state index is 11.9. The summed E-state index contributed by atoms with van der Waals surface area (Å²) in [5.74, 6) is -2.50. The lowest BCUT2D eigenvalue weighted by molar-refractivity contribution is -0.173. The summed E-state index contributed by atoms with van der Waals surface area (Å²) < 4.78 is 53.7. The second kappa shape index (κ2) is 7.07. The minimum absolute atomic E-state index is 0.141. The van der Waals surface area contributed by atoms with E-state index in [2.05, 4.69) is 19.2 Å². The van der Waals surface area contributed by atoms with Crippen LogP contribution in [0.4, 0.5) is 13.2 Å². The molecule has 0 unspecified atom stereocenters. The molecule has 0 bridgehead atoms. The van der Waals surface area contributed by atoms with Crippen LogP contribution in [0.25, 0.3) is 0 Å². The number of esters is 2. The Bertz CT molecular complexity index is 477. The fourth-order valence-electron chi connectivity index (χ4n) is 1.28. The SMILES string of the molecule is COC(=O)c1nc(CCOCC(F)(F)F)oc1C(=O)OC. The number of rotatable bonds is 6. The molecule has 0 aromatic carbocycles. The van der Waals surface area contributed by atoms with Crippen LogP contribution < -0.4 is 0 Å². The summed E-state index contributed by atoms with van der Waals surface area (Å²) in [5.41, 5.74) is -0.407. The average molecular weight is 311 g/mol. The van der Waals surface area contributed by atoms with Crippen LogP contribution in [0, 0.1) is 0 Å². The normalized spacial score (nSPS) is 11.3. The fourth-order valence-corrected chi connectivity index (χ4v) is 1.28. The lowest BCUT2D eigenvalue weighted by Crippen LogP contribution is -2.18. The Balaban J connectivity index is 2.73. The molecule has 0 aliphatic rings. The van der Waals surface area contributed by atoms with Gasteiger partial charge in [0.1, 0.15) is 6.61 Å². The van der Waals surface area contributed by atoms with Crippen molar-refractivity contribution in [2.45, 2.75) is 12.6 Å². The predicted molar refractivity (Wildman–Crippen MR) is 59.8 cm³/mol. The van der Waals surface area contributed by atoms with Gasteiger partial charge in [-0.15, -0.1) is 0 Å². The quantitative estimate of drug-likeness (QED) is 0.579. The van der Waals surface area contributed by atoms with E-state index >= 15 is 0 Å². The summed E-state index contributed by atoms with van der Waals surface area (Å²) >= 11 is 0. The van der Waals surface area contributed by atoms with Crippen LogP contribution in [0.1, 0.15) is 26.9 Å². The molecule has 21 heavy (non-hydrogen) atoms. The number of alkyl halides is 3. The summed E-state index contributed by atoms with van der Waals surface area (Å²) in [5, 5.41) is 0. The lowest BCUT2D eigenvalue weighted by atomic mass is 10.3. The van der Waals surface area contributed by atoms with E-state index in [1.54, 1.807) is 0 Å². The first-order valence-electron chi connectivity index (χ1n) is 5.59. The molecule has 1 rings (SSSR count). The van der Waals surface area contributed by atoms with E-state index in [4.69, 9.17) is 4.42 Å². The van der Waals surface area contributed by atoms with Crippen molar-refractivity contribution in [3.05, 3.63) is 17.3 Å². The van der Waals surface area contributed by atoms with Gasteiger partial charge in [0.05, 0.1) is 20.8 Å². The molecule has 0 atom stereocenters. The molecule has 0 amide bonds. The smallest absolute Gasteiger partial charge is 0.411 e. The number of ether oxygens (including phenoxy) is 3. The second-order valence-corrected chi connectivity index (χ2v) is 3.69. The van der Waals surface area contributed by atoms with E-state index in [1.807, 2.05) is 0 Å². The Morgan fingerprint density at radius 1 is 1.19 bits per heavy atom. The highest BCUT2D eigenvalue weighted by molar-refractivity contribution is 5.99. The summed E-state index contributed by atoms with van der Waals surface area (Å²) in [6.45, 7) is -1.76. The van der Waals surface area contributed by atoms with E-state index in [9.17, 15) is 22.8 Å². The Labute approximate surface area is 117 Å². The zero-order valence-electron chi connectivity index (χ0n) is 11.2. The van der Waals surface area contributed by atoms with Gasteiger partial charge in [0.15, 0.2) is 5.89 Å². The number of hydrogen-bond donors (Lipinski definition) is 0. The number of methoxy groups -OCH3 is 2. The molecule has 1 aromatic rings. The van der Waals surface area contributed by atoms with Crippen molar-refractivity contribution in [2.24, 2.45) is 0 Å². The molecular weight excluding hydrogens is 299 g/mol. The molecule has 0 spiro atoms. The van der Waals surface area contributed by atoms with Gasteiger partial charge in [-0.2, -0.15) is 13.2 Å². The third-order valence-electron chi connectivity index (χ3n) is 2.15. The maximum Gasteiger partial charge on any atom is 0.411 e. The number of hydrogen-bond acceptors (Lipinski definition) is 7. The molecule has 0 fully saturated rings. The van der Waals surface area contributed by atoms with E-state index < -0.39 is 36.2 Å². The number of halogens is 3. The molecule has 0 aliphatic heterocycles. The lowest BCUT2D eigenvalue weighted by Gasteiger charge is -2.05. The van der Waals surface area contributed by atoms with Gasteiger partial charge < -0.3 is 18.6 Å². The van der Waals surface area contributed by atoms with E-state index in [1.165, 1.54) is 0 Å². The van der Waals surface area contributed by atoms with Crippen LogP contribution in [-0.2, 0) is 20.6 Å². The standard InChI is InChI=1S/C11H12F3NO6/c1-18-9(16)7-8(10(17)19-2)21-6(15-7)3-4-20-5-11(12,13)14/h3-5H2,1-2H3. The Morgan fingerprint density at radius 3 is 2.33 bits per heavy atom. The van der Waals surface area contributed by atoms with Gasteiger partial charge >= 0.3 is 18.1 Å². The average Bonchev–Trinajstić information content (AvgIpc) is 2.85. The topological polar surface area (TPSA) is 87.9 Å². The van der Waals surface area contributed by atoms with Gasteiger partial charge in [0, 0.05) is 6.42 Å². The molecule has 0 saturated carbocycles. The van der Waals surface area contributed by atoms with Gasteiger partial charge in [0.2, 0.25) is 11.5 Å². The van der Waals surface area contributed by atoms with Crippen LogP contribution in [0.2, 0.25) is 0 Å². The fraction of sp³-hybridized carbons (Fsp3) is 0.545. The van der Waals surface area contributed by atoms with Gasteiger partial charge in [-0.1, -0.05) is 0 Å². The van der Waals surface area contributed by atoms with Crippen LogP contribution >= 0.6 is 0 Å². The molecule has 118 valence electrons. The molecule has 1 heterocycles. The molecule has 0 radical (unpaired) electrons. The Morgan fingerprint density at radius 2 is 1.81 bits per heavy atom. The van der Waals surface area contributed by atoms with Crippen LogP contribution in [0.5, 0.6) is 0 Å². The highest BCUT2D eigenvalue weighted by Crippen LogP contribution is 2.16. The minimum Gasteiger partial charge on any atom is -0.464 e. The highest BCUT2D eigenvalue weighted by atomic mass is 19.4. The van der Waals surface area contributed by atoms with Gasteiger partial charge in [0.25, 0.3) is 0 Å². The number of aromatic nitrogens is 1. The number of carbonyl (C=O) groups excluding carboxylic acids is 2. The van der Waals surface area contributed by atoms with Crippen molar-refractivity contribution in [3.63, 3.8) is 0 Å². The van der Waals surface area contributed by atoms with E-state index in [0.29, 0.717) is 0 Å². The van der Waals surface area contributed by atoms with Crippen molar-refractivity contribution in [1.29, 1.82) is 0 Å². The highest BCUT2D eigenvalue weighted by Gasteiger charge is 2.28. The van der Waals surface area contributed by atoms with Crippen molar-refractivity contribution in [2.75, 3.05) is 27.4 Å². The third-order valence-corrected chi connectivity index (χ3v) is 2.15. The summed E-state index contributed by atoms with van der Waals surface area (Å²) in [6, 6.07) is 0. The molecule has 0 aliphatic carbocycles. The first-order valence-corrected chi connectivity index (χ1v) is 5.59. The van der Waals surface area contributed by atoms with Gasteiger partial charge in [-0.3, -0.25) is 0 Å². The molecule has 0 saturated heterocycles. The number of oxazole rings is 1. The summed E-state index contributed by atoms with van der Waals surface area (Å²) in [7, 11) is 2.14. The van der Waals surface area contributed by atoms with Crippen molar-refractivity contribution in [3.8, 4) is 0 Å². The summed E-state index contributed by atoms with van der Waals surface area (Å²) in [4.78, 5) is 26.5. The van der Waals surface area contributed by atoms with Crippen LogP contribution in [0.3, 0.4) is 0 Å². The molecule has 10 heteroatoms. The first-order chi connectivity index (χ1) is 9.78. The molecule has 0 N–H and O–H groups in total. The Kier molecular flexibility index (Phi) is 5.70. The second-order valence-electron chi connectivity index (χ2n) is 3.69. The first kappa shape index (κ1) is 17.0. The monoisotopic (exact) mass is 311 g/mol. The van der Waals surface area contributed by atoms with Gasteiger partial charge in [-0.05, 0) is 0 Å². The number of carbonyl (C=O) groups is 2.